The Morgan fingerprint density at radius 1 is 1.44 bits per heavy atom. The molecule has 1 aliphatic rings. The van der Waals surface area contributed by atoms with Crippen molar-refractivity contribution < 1.29 is 0 Å². The molecule has 2 aromatic heterocycles. The minimum absolute atomic E-state index is 0.471. The van der Waals surface area contributed by atoms with Crippen LogP contribution in [0.15, 0.2) is 24.7 Å². The number of fused-ring (bicyclic) bond motifs is 1. The Balaban J connectivity index is 1.61. The average molecular weight is 243 g/mol. The fourth-order valence-corrected chi connectivity index (χ4v) is 2.36. The number of nitrogens with one attached hydrogen (secondary N) is 1. The summed E-state index contributed by atoms with van der Waals surface area (Å²) in [5, 5.41) is 7.81. The first-order chi connectivity index (χ1) is 8.83. The first-order valence-electron chi connectivity index (χ1n) is 6.33. The molecule has 0 fully saturated rings. The van der Waals surface area contributed by atoms with E-state index in [0.29, 0.717) is 6.04 Å². The minimum atomic E-state index is 0.471. The van der Waals surface area contributed by atoms with Crippen LogP contribution in [0.2, 0.25) is 0 Å². The lowest BCUT2D eigenvalue weighted by molar-refractivity contribution is 0.357. The van der Waals surface area contributed by atoms with Gasteiger partial charge in [-0.1, -0.05) is 6.07 Å². The average Bonchev–Trinajstić information content (AvgIpc) is 2.85. The van der Waals surface area contributed by atoms with Crippen LogP contribution in [0.5, 0.6) is 0 Å². The predicted octanol–water partition coefficient (Wildman–Crippen LogP) is 1.09. The van der Waals surface area contributed by atoms with Crippen molar-refractivity contribution >= 4 is 0 Å². The molecule has 0 saturated heterocycles. The molecule has 1 atom stereocenters. The SMILES string of the molecule is Cc1ncccc1CN[C@@H]1CCc2ncnn2C1. The molecular weight excluding hydrogens is 226 g/mol. The summed E-state index contributed by atoms with van der Waals surface area (Å²) in [5.41, 5.74) is 2.36. The van der Waals surface area contributed by atoms with Crippen LogP contribution in [0.25, 0.3) is 0 Å². The maximum absolute atomic E-state index is 4.30. The predicted molar refractivity (Wildman–Crippen MR) is 67.9 cm³/mol. The number of hydrogen-bond acceptors (Lipinski definition) is 4. The maximum atomic E-state index is 4.30. The quantitative estimate of drug-likeness (QED) is 0.876. The fraction of sp³-hybridized carbons (Fsp3) is 0.462. The minimum Gasteiger partial charge on any atom is -0.308 e. The Morgan fingerprint density at radius 2 is 2.39 bits per heavy atom. The van der Waals surface area contributed by atoms with Crippen molar-refractivity contribution in [3.05, 3.63) is 41.7 Å². The molecule has 0 amide bonds. The zero-order chi connectivity index (χ0) is 12.4. The topological polar surface area (TPSA) is 55.6 Å². The highest BCUT2D eigenvalue weighted by molar-refractivity contribution is 5.18. The molecular formula is C13H17N5. The summed E-state index contributed by atoms with van der Waals surface area (Å²) in [6, 6.07) is 4.58. The van der Waals surface area contributed by atoms with Gasteiger partial charge >= 0.3 is 0 Å². The summed E-state index contributed by atoms with van der Waals surface area (Å²) in [6.45, 7) is 3.83. The molecule has 0 aliphatic carbocycles. The van der Waals surface area contributed by atoms with E-state index in [2.05, 4.69) is 26.4 Å². The molecule has 0 spiro atoms. The first-order valence-corrected chi connectivity index (χ1v) is 6.33. The van der Waals surface area contributed by atoms with Crippen molar-refractivity contribution in [1.82, 2.24) is 25.1 Å². The van der Waals surface area contributed by atoms with E-state index in [9.17, 15) is 0 Å². The van der Waals surface area contributed by atoms with Crippen molar-refractivity contribution in [1.29, 1.82) is 0 Å². The number of aromatic nitrogens is 4. The van der Waals surface area contributed by atoms with Crippen LogP contribution in [0.3, 0.4) is 0 Å². The molecule has 1 aliphatic heterocycles. The van der Waals surface area contributed by atoms with Crippen molar-refractivity contribution in [2.75, 3.05) is 0 Å². The van der Waals surface area contributed by atoms with Crippen molar-refractivity contribution in [2.45, 2.75) is 38.9 Å². The molecule has 5 heteroatoms. The normalized spacial score (nSPS) is 18.6. The van der Waals surface area contributed by atoms with Gasteiger partial charge in [0.15, 0.2) is 0 Å². The van der Waals surface area contributed by atoms with Gasteiger partial charge in [0.05, 0.1) is 6.54 Å². The lowest BCUT2D eigenvalue weighted by Gasteiger charge is -2.23. The highest BCUT2D eigenvalue weighted by Gasteiger charge is 2.19. The summed E-state index contributed by atoms with van der Waals surface area (Å²) in [7, 11) is 0. The van der Waals surface area contributed by atoms with E-state index in [1.807, 2.05) is 23.9 Å². The molecule has 3 heterocycles. The van der Waals surface area contributed by atoms with Gasteiger partial charge in [-0.25, -0.2) is 9.67 Å². The van der Waals surface area contributed by atoms with E-state index in [1.54, 1.807) is 6.33 Å². The van der Waals surface area contributed by atoms with Crippen LogP contribution < -0.4 is 5.32 Å². The summed E-state index contributed by atoms with van der Waals surface area (Å²) in [6.07, 6.45) is 5.60. The molecule has 0 radical (unpaired) electrons. The van der Waals surface area contributed by atoms with Gasteiger partial charge in [0.2, 0.25) is 0 Å². The third-order valence-electron chi connectivity index (χ3n) is 3.50. The van der Waals surface area contributed by atoms with Crippen molar-refractivity contribution in [3.8, 4) is 0 Å². The second-order valence-electron chi connectivity index (χ2n) is 4.72. The molecule has 1 N–H and O–H groups in total. The van der Waals surface area contributed by atoms with Gasteiger partial charge in [-0.15, -0.1) is 0 Å². The Hall–Kier alpha value is -1.75. The van der Waals surface area contributed by atoms with Gasteiger partial charge in [0.1, 0.15) is 12.2 Å². The molecule has 0 saturated carbocycles. The monoisotopic (exact) mass is 243 g/mol. The van der Waals surface area contributed by atoms with Crippen LogP contribution in [0, 0.1) is 6.92 Å². The summed E-state index contributed by atoms with van der Waals surface area (Å²) >= 11 is 0. The van der Waals surface area contributed by atoms with Gasteiger partial charge in [-0.05, 0) is 25.0 Å². The van der Waals surface area contributed by atoms with Crippen LogP contribution in [-0.2, 0) is 19.5 Å². The van der Waals surface area contributed by atoms with Crippen LogP contribution in [0.4, 0.5) is 0 Å². The summed E-state index contributed by atoms with van der Waals surface area (Å²) in [4.78, 5) is 8.54. The van der Waals surface area contributed by atoms with Gasteiger partial charge in [0.25, 0.3) is 0 Å². The van der Waals surface area contributed by atoms with E-state index in [0.717, 1.165) is 37.4 Å². The fourth-order valence-electron chi connectivity index (χ4n) is 2.36. The van der Waals surface area contributed by atoms with E-state index < -0.39 is 0 Å². The van der Waals surface area contributed by atoms with Crippen molar-refractivity contribution in [2.24, 2.45) is 0 Å². The molecule has 2 aromatic rings. The lowest BCUT2D eigenvalue weighted by atomic mass is 10.1. The van der Waals surface area contributed by atoms with Crippen LogP contribution >= 0.6 is 0 Å². The lowest BCUT2D eigenvalue weighted by Crippen LogP contribution is -2.37. The molecule has 3 rings (SSSR count). The number of aryl methyl sites for hydroxylation is 2. The van der Waals surface area contributed by atoms with Gasteiger partial charge in [-0.2, -0.15) is 5.10 Å². The summed E-state index contributed by atoms with van der Waals surface area (Å²) < 4.78 is 2.00. The van der Waals surface area contributed by atoms with E-state index in [1.165, 1.54) is 5.56 Å². The standard InChI is InChI=1S/C13H17N5/c1-10-11(3-2-6-14-10)7-15-12-4-5-13-16-9-17-18(13)8-12/h2-3,6,9,12,15H,4-5,7-8H2,1H3/t12-/m1/s1. The van der Waals surface area contributed by atoms with Crippen LogP contribution in [0.1, 0.15) is 23.5 Å². The molecule has 94 valence electrons. The number of hydrogen-bond donors (Lipinski definition) is 1. The van der Waals surface area contributed by atoms with Crippen LogP contribution in [-0.4, -0.2) is 25.8 Å². The largest absolute Gasteiger partial charge is 0.308 e. The van der Waals surface area contributed by atoms with E-state index in [4.69, 9.17) is 0 Å². The van der Waals surface area contributed by atoms with E-state index in [-0.39, 0.29) is 0 Å². The van der Waals surface area contributed by atoms with E-state index >= 15 is 0 Å². The number of rotatable bonds is 3. The molecule has 18 heavy (non-hydrogen) atoms. The highest BCUT2D eigenvalue weighted by atomic mass is 15.3. The molecule has 0 aromatic carbocycles. The van der Waals surface area contributed by atoms with Gasteiger partial charge in [0, 0.05) is 30.9 Å². The van der Waals surface area contributed by atoms with Crippen molar-refractivity contribution in [3.63, 3.8) is 0 Å². The smallest absolute Gasteiger partial charge is 0.138 e. The zero-order valence-corrected chi connectivity index (χ0v) is 10.5. The third kappa shape index (κ3) is 2.26. The summed E-state index contributed by atoms with van der Waals surface area (Å²) in [5.74, 6) is 1.10. The molecule has 0 unspecified atom stereocenters. The number of nitrogens with zero attached hydrogens (tertiary/aromatic N) is 4. The number of pyridine rings is 1. The Bertz CT molecular complexity index is 534. The Labute approximate surface area is 106 Å². The Kier molecular flexibility index (Phi) is 3.06. The van der Waals surface area contributed by atoms with Gasteiger partial charge in [-0.3, -0.25) is 4.98 Å². The highest BCUT2D eigenvalue weighted by Crippen LogP contribution is 2.12. The molecule has 0 bridgehead atoms. The molecule has 5 nitrogen and oxygen atoms in total. The third-order valence-corrected chi connectivity index (χ3v) is 3.50. The second kappa shape index (κ2) is 4.86. The Morgan fingerprint density at radius 3 is 3.28 bits per heavy atom. The second-order valence-corrected chi connectivity index (χ2v) is 4.72. The van der Waals surface area contributed by atoms with Gasteiger partial charge < -0.3 is 5.32 Å². The first kappa shape index (κ1) is 11.3. The maximum Gasteiger partial charge on any atom is 0.138 e. The zero-order valence-electron chi connectivity index (χ0n) is 10.5.